The van der Waals surface area contributed by atoms with E-state index in [4.69, 9.17) is 39.0 Å². The van der Waals surface area contributed by atoms with Gasteiger partial charge in [0.15, 0.2) is 0 Å². The Morgan fingerprint density at radius 1 is 0.960 bits per heavy atom. The van der Waals surface area contributed by atoms with Crippen LogP contribution >= 0.6 is 23.2 Å². The third kappa shape index (κ3) is 2.58. The molecule has 126 valence electrons. The minimum absolute atomic E-state index is 0.0577. The molecule has 1 aliphatic heterocycles. The molecular formula is C14H10Cl2N8O. The number of nitrogens with two attached hydrogens (primary N) is 1. The Balaban J connectivity index is 1.83. The van der Waals surface area contributed by atoms with Gasteiger partial charge in [0.25, 0.3) is 0 Å². The highest BCUT2D eigenvalue weighted by Gasteiger charge is 2.39. The fraction of sp³-hybridized carbons (Fsp3) is 0.0714. The quantitative estimate of drug-likeness (QED) is 0.654. The van der Waals surface area contributed by atoms with Crippen molar-refractivity contribution in [2.45, 2.75) is 6.17 Å². The average Bonchev–Trinajstić information content (AvgIpc) is 3.07. The van der Waals surface area contributed by atoms with Gasteiger partial charge < -0.3 is 5.73 Å². The predicted molar refractivity (Wildman–Crippen MR) is 92.8 cm³/mol. The maximum absolute atomic E-state index is 8.48. The lowest BCUT2D eigenvalue weighted by atomic mass is 10.2. The van der Waals surface area contributed by atoms with Gasteiger partial charge in [-0.2, -0.15) is 0 Å². The molecule has 4 heterocycles. The molecule has 1 atom stereocenters. The van der Waals surface area contributed by atoms with Crippen molar-refractivity contribution >= 4 is 52.0 Å². The number of halogens is 2. The second kappa shape index (κ2) is 5.96. The van der Waals surface area contributed by atoms with Crippen molar-refractivity contribution in [3.63, 3.8) is 0 Å². The van der Waals surface area contributed by atoms with Crippen LogP contribution in [0.5, 0.6) is 0 Å². The van der Waals surface area contributed by atoms with E-state index in [1.165, 1.54) is 17.3 Å². The molecule has 0 saturated heterocycles. The number of nitrogens with one attached hydrogen (secondary N) is 1. The number of hydrogen-bond donors (Lipinski definition) is 2. The van der Waals surface area contributed by atoms with Crippen molar-refractivity contribution in [1.29, 1.82) is 5.41 Å². The molecule has 1 aliphatic rings. The fourth-order valence-corrected chi connectivity index (χ4v) is 2.75. The van der Waals surface area contributed by atoms with Crippen molar-refractivity contribution in [3.8, 4) is 0 Å². The number of nitrogens with zero attached hydrogens (tertiary/aromatic N) is 6. The van der Waals surface area contributed by atoms with Gasteiger partial charge in [0.05, 0.1) is 23.8 Å². The van der Waals surface area contributed by atoms with Gasteiger partial charge in [-0.1, -0.05) is 23.2 Å². The summed E-state index contributed by atoms with van der Waals surface area (Å²) < 4.78 is 4.89. The predicted octanol–water partition coefficient (Wildman–Crippen LogP) is 2.72. The normalized spacial score (nSPS) is 16.9. The van der Waals surface area contributed by atoms with Crippen LogP contribution in [0.1, 0.15) is 0 Å². The Kier molecular flexibility index (Phi) is 3.75. The summed E-state index contributed by atoms with van der Waals surface area (Å²) >= 11 is 11.7. The SMILES string of the molecule is N=C1C(N)N(c2ccc(Cl)nc2)c2nonc2N1c1ccc(Cl)nc1. The van der Waals surface area contributed by atoms with Gasteiger partial charge in [0.1, 0.15) is 22.3 Å². The van der Waals surface area contributed by atoms with Gasteiger partial charge in [-0.25, -0.2) is 14.6 Å². The number of amidine groups is 1. The largest absolute Gasteiger partial charge is 0.305 e. The van der Waals surface area contributed by atoms with Crippen LogP contribution in [-0.4, -0.2) is 32.3 Å². The van der Waals surface area contributed by atoms with E-state index in [-0.39, 0.29) is 5.84 Å². The summed E-state index contributed by atoms with van der Waals surface area (Å²) in [5.41, 5.74) is 7.44. The molecule has 0 fully saturated rings. The molecule has 11 heteroatoms. The molecule has 0 bridgehead atoms. The summed E-state index contributed by atoms with van der Waals surface area (Å²) in [4.78, 5) is 11.2. The molecule has 0 radical (unpaired) electrons. The van der Waals surface area contributed by atoms with Crippen LogP contribution in [0.3, 0.4) is 0 Å². The average molecular weight is 377 g/mol. The molecule has 3 N–H and O–H groups in total. The Labute approximate surface area is 151 Å². The summed E-state index contributed by atoms with van der Waals surface area (Å²) in [6.07, 6.45) is 2.20. The third-order valence-corrected chi connectivity index (χ3v) is 4.10. The lowest BCUT2D eigenvalue weighted by molar-refractivity contribution is 0.309. The Hall–Kier alpha value is -2.75. The van der Waals surface area contributed by atoms with E-state index in [9.17, 15) is 0 Å². The number of fused-ring (bicyclic) bond motifs is 1. The minimum atomic E-state index is -0.849. The van der Waals surface area contributed by atoms with E-state index < -0.39 is 6.17 Å². The standard InChI is InChI=1S/C14H10Cl2N8O/c15-9-3-1-7(5-19-9)23-11(17)12(18)24(14-13(23)21-25-22-14)8-2-4-10(16)20-6-8/h1-6,11,18H,17H2. The number of aromatic nitrogens is 4. The topological polar surface area (TPSA) is 121 Å². The summed E-state index contributed by atoms with van der Waals surface area (Å²) in [6, 6.07) is 6.66. The first-order valence-corrected chi connectivity index (χ1v) is 7.81. The van der Waals surface area contributed by atoms with Crippen LogP contribution in [0.15, 0.2) is 41.3 Å². The molecule has 25 heavy (non-hydrogen) atoms. The smallest absolute Gasteiger partial charge is 0.228 e. The van der Waals surface area contributed by atoms with Crippen LogP contribution < -0.4 is 15.5 Å². The summed E-state index contributed by atoms with van der Waals surface area (Å²) in [6.45, 7) is 0. The Morgan fingerprint density at radius 3 is 2.16 bits per heavy atom. The highest BCUT2D eigenvalue weighted by atomic mass is 35.5. The van der Waals surface area contributed by atoms with Crippen molar-refractivity contribution in [1.82, 2.24) is 20.3 Å². The zero-order valence-electron chi connectivity index (χ0n) is 12.5. The van der Waals surface area contributed by atoms with Gasteiger partial charge >= 0.3 is 0 Å². The molecule has 3 aromatic heterocycles. The Bertz CT molecular complexity index is 927. The molecule has 0 amide bonds. The monoisotopic (exact) mass is 376 g/mol. The van der Waals surface area contributed by atoms with Crippen LogP contribution in [0.25, 0.3) is 0 Å². The van der Waals surface area contributed by atoms with Gasteiger partial charge in [-0.3, -0.25) is 15.2 Å². The summed E-state index contributed by atoms with van der Waals surface area (Å²) in [7, 11) is 0. The number of anilines is 4. The zero-order chi connectivity index (χ0) is 17.6. The molecule has 1 unspecified atom stereocenters. The molecule has 3 aromatic rings. The molecule has 4 rings (SSSR count). The lowest BCUT2D eigenvalue weighted by Gasteiger charge is -2.38. The maximum Gasteiger partial charge on any atom is 0.228 e. The lowest BCUT2D eigenvalue weighted by Crippen LogP contribution is -2.54. The number of hydrogen-bond acceptors (Lipinski definition) is 8. The Morgan fingerprint density at radius 2 is 1.56 bits per heavy atom. The highest BCUT2D eigenvalue weighted by Crippen LogP contribution is 2.40. The minimum Gasteiger partial charge on any atom is -0.305 e. The van der Waals surface area contributed by atoms with Crippen LogP contribution in [0.4, 0.5) is 23.0 Å². The molecule has 0 spiro atoms. The molecular weight excluding hydrogens is 367 g/mol. The van der Waals surface area contributed by atoms with E-state index in [0.717, 1.165) is 0 Å². The second-order valence-electron chi connectivity index (χ2n) is 5.13. The van der Waals surface area contributed by atoms with Crippen molar-refractivity contribution < 1.29 is 4.63 Å². The van der Waals surface area contributed by atoms with E-state index in [2.05, 4.69) is 20.3 Å². The number of pyridine rings is 2. The van der Waals surface area contributed by atoms with Gasteiger partial charge in [0, 0.05) is 0 Å². The third-order valence-electron chi connectivity index (χ3n) is 3.65. The van der Waals surface area contributed by atoms with Gasteiger partial charge in [-0.05, 0) is 34.6 Å². The molecule has 0 aliphatic carbocycles. The summed E-state index contributed by atoms with van der Waals surface area (Å²) in [5, 5.41) is 17.0. The van der Waals surface area contributed by atoms with E-state index in [0.29, 0.717) is 33.3 Å². The molecule has 9 nitrogen and oxygen atoms in total. The fourth-order valence-electron chi connectivity index (χ4n) is 2.53. The first kappa shape index (κ1) is 15.8. The van der Waals surface area contributed by atoms with E-state index in [1.807, 2.05) is 0 Å². The maximum atomic E-state index is 8.48. The second-order valence-corrected chi connectivity index (χ2v) is 5.90. The first-order valence-electron chi connectivity index (χ1n) is 7.05. The van der Waals surface area contributed by atoms with Crippen molar-refractivity contribution in [2.75, 3.05) is 9.80 Å². The molecule has 0 saturated carbocycles. The first-order chi connectivity index (χ1) is 12.1. The zero-order valence-corrected chi connectivity index (χ0v) is 14.0. The number of rotatable bonds is 2. The van der Waals surface area contributed by atoms with Crippen LogP contribution in [0.2, 0.25) is 10.3 Å². The van der Waals surface area contributed by atoms with Crippen molar-refractivity contribution in [2.24, 2.45) is 5.73 Å². The van der Waals surface area contributed by atoms with Gasteiger partial charge in [0.2, 0.25) is 11.6 Å². The van der Waals surface area contributed by atoms with E-state index in [1.54, 1.807) is 29.2 Å². The summed E-state index contributed by atoms with van der Waals surface area (Å²) in [5.74, 6) is 0.718. The van der Waals surface area contributed by atoms with Crippen molar-refractivity contribution in [3.05, 3.63) is 47.0 Å². The molecule has 0 aromatic carbocycles. The van der Waals surface area contributed by atoms with Gasteiger partial charge in [-0.15, -0.1) is 0 Å². The van der Waals surface area contributed by atoms with Crippen LogP contribution in [0, 0.1) is 5.41 Å². The van der Waals surface area contributed by atoms with E-state index >= 15 is 0 Å². The highest BCUT2D eigenvalue weighted by molar-refractivity contribution is 6.29. The van der Waals surface area contributed by atoms with Crippen LogP contribution in [-0.2, 0) is 0 Å².